The summed E-state index contributed by atoms with van der Waals surface area (Å²) < 4.78 is 6.24. The smallest absolute Gasteiger partial charge is 0.410 e. The standard InChI is InChI=1S/C38H70N4O2/c1-28(2)11-8-12-29(3)33-15-16-34-32-14-13-30-27-31(17-19-37(30,4)35(32)18-20-38(33,34)5)44-36(43)42(26-10-22-40)25-7-6-23-41-24-9-21-39/h13,28-29,31-35,41H,6-12,14-27,39-40H2,1-5H3/t29-,31+,32+,33-,34+,35?,37+,38-/m1/s1. The van der Waals surface area contributed by atoms with E-state index in [1.165, 1.54) is 51.4 Å². The molecule has 44 heavy (non-hydrogen) atoms. The van der Waals surface area contributed by atoms with Crippen LogP contribution in [0.25, 0.3) is 0 Å². The lowest BCUT2D eigenvalue weighted by atomic mass is 9.47. The molecule has 0 heterocycles. The summed E-state index contributed by atoms with van der Waals surface area (Å²) in [6, 6.07) is 0. The van der Waals surface area contributed by atoms with Gasteiger partial charge >= 0.3 is 6.09 Å². The number of allylic oxidation sites excluding steroid dienone is 1. The van der Waals surface area contributed by atoms with E-state index in [0.29, 0.717) is 18.5 Å². The highest BCUT2D eigenvalue weighted by atomic mass is 16.6. The Kier molecular flexibility index (Phi) is 13.5. The van der Waals surface area contributed by atoms with Gasteiger partial charge in [0.15, 0.2) is 0 Å². The molecule has 254 valence electrons. The predicted octanol–water partition coefficient (Wildman–Crippen LogP) is 7.90. The Labute approximate surface area is 271 Å². The van der Waals surface area contributed by atoms with Gasteiger partial charge in [-0.2, -0.15) is 0 Å². The Morgan fingerprint density at radius 3 is 2.43 bits per heavy atom. The van der Waals surface area contributed by atoms with Crippen molar-refractivity contribution < 1.29 is 9.53 Å². The van der Waals surface area contributed by atoms with Gasteiger partial charge in [0.05, 0.1) is 0 Å². The van der Waals surface area contributed by atoms with Crippen molar-refractivity contribution in [3.63, 3.8) is 0 Å². The van der Waals surface area contributed by atoms with E-state index in [0.717, 1.165) is 107 Å². The molecule has 0 aromatic carbocycles. The first-order valence-electron chi connectivity index (χ1n) is 18.9. The third kappa shape index (κ3) is 8.42. The molecule has 0 bridgehead atoms. The molecule has 0 saturated heterocycles. The van der Waals surface area contributed by atoms with Crippen molar-refractivity contribution in [2.24, 2.45) is 57.8 Å². The van der Waals surface area contributed by atoms with Crippen LogP contribution in [0.2, 0.25) is 0 Å². The molecule has 0 aromatic heterocycles. The average Bonchev–Trinajstić information content (AvgIpc) is 3.35. The zero-order valence-corrected chi connectivity index (χ0v) is 29.4. The van der Waals surface area contributed by atoms with E-state index in [4.69, 9.17) is 16.2 Å². The SMILES string of the molecule is CC(C)CCC[C@@H](C)[C@H]1CC[C@H]2[C@@H]3CC=C4C[C@@H](OC(=O)N(CCCN)CCCCNCCCN)CC[C@]4(C)C3CC[C@]12C. The maximum atomic E-state index is 13.3. The molecule has 4 aliphatic carbocycles. The monoisotopic (exact) mass is 615 g/mol. The minimum Gasteiger partial charge on any atom is -0.446 e. The zero-order valence-electron chi connectivity index (χ0n) is 29.4. The summed E-state index contributed by atoms with van der Waals surface area (Å²) in [4.78, 5) is 15.3. The van der Waals surface area contributed by atoms with Crippen LogP contribution in [0.1, 0.15) is 131 Å². The van der Waals surface area contributed by atoms with Gasteiger partial charge < -0.3 is 26.4 Å². The number of ether oxygens (including phenoxy) is 1. The summed E-state index contributed by atoms with van der Waals surface area (Å²) in [5.41, 5.74) is 13.8. The van der Waals surface area contributed by atoms with E-state index >= 15 is 0 Å². The number of rotatable bonds is 17. The van der Waals surface area contributed by atoms with Crippen molar-refractivity contribution in [1.82, 2.24) is 10.2 Å². The Morgan fingerprint density at radius 2 is 1.68 bits per heavy atom. The van der Waals surface area contributed by atoms with E-state index in [2.05, 4.69) is 46.0 Å². The summed E-state index contributed by atoms with van der Waals surface area (Å²) in [6.45, 7) is 17.3. The maximum absolute atomic E-state index is 13.3. The van der Waals surface area contributed by atoms with Gasteiger partial charge in [0.1, 0.15) is 6.10 Å². The summed E-state index contributed by atoms with van der Waals surface area (Å²) in [5.74, 6) is 5.11. The number of fused-ring (bicyclic) bond motifs is 5. The predicted molar refractivity (Wildman–Crippen MR) is 184 cm³/mol. The number of hydrogen-bond donors (Lipinski definition) is 3. The molecule has 6 heteroatoms. The Bertz CT molecular complexity index is 923. The Balaban J connectivity index is 1.32. The summed E-state index contributed by atoms with van der Waals surface area (Å²) in [5, 5.41) is 3.44. The van der Waals surface area contributed by atoms with Gasteiger partial charge in [0, 0.05) is 19.5 Å². The van der Waals surface area contributed by atoms with Crippen molar-refractivity contribution >= 4 is 6.09 Å². The second-order valence-electron chi connectivity index (χ2n) is 16.3. The summed E-state index contributed by atoms with van der Waals surface area (Å²) >= 11 is 0. The largest absolute Gasteiger partial charge is 0.446 e. The van der Waals surface area contributed by atoms with Crippen LogP contribution < -0.4 is 16.8 Å². The van der Waals surface area contributed by atoms with Gasteiger partial charge in [-0.25, -0.2) is 4.79 Å². The maximum Gasteiger partial charge on any atom is 0.410 e. The van der Waals surface area contributed by atoms with Gasteiger partial charge in [0.25, 0.3) is 0 Å². The molecule has 5 N–H and O–H groups in total. The normalized spacial score (nSPS) is 33.7. The molecule has 0 radical (unpaired) electrons. The van der Waals surface area contributed by atoms with Crippen LogP contribution in [-0.4, -0.2) is 56.4 Å². The van der Waals surface area contributed by atoms with E-state index in [1.807, 2.05) is 4.90 Å². The molecule has 4 rings (SSSR count). The first-order valence-corrected chi connectivity index (χ1v) is 18.9. The third-order valence-electron chi connectivity index (χ3n) is 13.0. The van der Waals surface area contributed by atoms with Crippen molar-refractivity contribution in [1.29, 1.82) is 0 Å². The lowest BCUT2D eigenvalue weighted by molar-refractivity contribution is -0.0593. The van der Waals surface area contributed by atoms with Crippen LogP contribution in [0.3, 0.4) is 0 Å². The number of unbranched alkanes of at least 4 members (excludes halogenated alkanes) is 1. The topological polar surface area (TPSA) is 93.6 Å². The third-order valence-corrected chi connectivity index (χ3v) is 13.0. The molecule has 0 spiro atoms. The van der Waals surface area contributed by atoms with E-state index in [1.54, 1.807) is 5.57 Å². The number of hydrogen-bond acceptors (Lipinski definition) is 5. The van der Waals surface area contributed by atoms with E-state index in [9.17, 15) is 4.79 Å². The fourth-order valence-electron chi connectivity index (χ4n) is 10.5. The molecule has 3 fully saturated rings. The molecule has 3 saturated carbocycles. The molecule has 1 unspecified atom stereocenters. The van der Waals surface area contributed by atoms with Crippen LogP contribution in [0.4, 0.5) is 4.79 Å². The molecule has 0 aliphatic heterocycles. The number of carbonyl (C=O) groups excluding carboxylic acids is 1. The lowest BCUT2D eigenvalue weighted by Crippen LogP contribution is -2.51. The molecule has 4 aliphatic rings. The number of amides is 1. The van der Waals surface area contributed by atoms with E-state index in [-0.39, 0.29) is 17.6 Å². The van der Waals surface area contributed by atoms with Crippen molar-refractivity contribution in [2.75, 3.05) is 39.3 Å². The molecule has 6 nitrogen and oxygen atoms in total. The van der Waals surface area contributed by atoms with Gasteiger partial charge in [0.2, 0.25) is 0 Å². The Morgan fingerprint density at radius 1 is 0.932 bits per heavy atom. The molecular weight excluding hydrogens is 544 g/mol. The van der Waals surface area contributed by atoms with Gasteiger partial charge in [-0.1, -0.05) is 65.5 Å². The average molecular weight is 615 g/mol. The number of nitrogens with two attached hydrogens (primary N) is 2. The van der Waals surface area contributed by atoms with Gasteiger partial charge in [-0.15, -0.1) is 0 Å². The van der Waals surface area contributed by atoms with E-state index < -0.39 is 0 Å². The van der Waals surface area contributed by atoms with Crippen LogP contribution in [-0.2, 0) is 4.74 Å². The molecule has 0 aromatic rings. The number of nitrogens with one attached hydrogen (secondary N) is 1. The van der Waals surface area contributed by atoms with Crippen molar-refractivity contribution in [3.8, 4) is 0 Å². The minimum absolute atomic E-state index is 0.00749. The fourth-order valence-corrected chi connectivity index (χ4v) is 10.5. The zero-order chi connectivity index (χ0) is 31.7. The highest BCUT2D eigenvalue weighted by Gasteiger charge is 2.59. The van der Waals surface area contributed by atoms with Crippen LogP contribution in [0.15, 0.2) is 11.6 Å². The van der Waals surface area contributed by atoms with Crippen molar-refractivity contribution in [2.45, 2.75) is 137 Å². The van der Waals surface area contributed by atoms with Gasteiger partial charge in [-0.05, 0) is 143 Å². The number of carbonyl (C=O) groups is 1. The quantitative estimate of drug-likeness (QED) is 0.114. The second-order valence-corrected chi connectivity index (χ2v) is 16.3. The van der Waals surface area contributed by atoms with Crippen LogP contribution in [0.5, 0.6) is 0 Å². The van der Waals surface area contributed by atoms with Gasteiger partial charge in [-0.3, -0.25) is 0 Å². The van der Waals surface area contributed by atoms with Crippen LogP contribution >= 0.6 is 0 Å². The Hall–Kier alpha value is -1.11. The fraction of sp³-hybridized carbons (Fsp3) is 0.921. The first kappa shape index (κ1) is 35.7. The number of nitrogens with zero attached hydrogens (tertiary/aromatic N) is 1. The summed E-state index contributed by atoms with van der Waals surface area (Å²) in [6.07, 6.45) is 20.6. The molecular formula is C38H70N4O2. The highest BCUT2D eigenvalue weighted by molar-refractivity contribution is 5.67. The lowest BCUT2D eigenvalue weighted by Gasteiger charge is -2.58. The minimum atomic E-state index is -0.134. The first-order chi connectivity index (χ1) is 21.1. The highest BCUT2D eigenvalue weighted by Crippen LogP contribution is 2.67. The second kappa shape index (κ2) is 16.6. The summed E-state index contributed by atoms with van der Waals surface area (Å²) in [7, 11) is 0. The van der Waals surface area contributed by atoms with Crippen molar-refractivity contribution in [3.05, 3.63) is 11.6 Å². The molecule has 1 amide bonds. The van der Waals surface area contributed by atoms with Crippen LogP contribution in [0, 0.1) is 46.3 Å². The molecule has 8 atom stereocenters.